The molecule has 0 bridgehead atoms. The molecular formula is C14H17N3O4. The van der Waals surface area contributed by atoms with Crippen molar-refractivity contribution in [2.24, 2.45) is 0 Å². The highest BCUT2D eigenvalue weighted by molar-refractivity contribution is 6.09. The number of carbonyl (C=O) groups is 3. The number of nitrogen functional groups attached to an aromatic ring is 1. The quantitative estimate of drug-likeness (QED) is 0.610. The van der Waals surface area contributed by atoms with E-state index in [1.807, 2.05) is 0 Å². The van der Waals surface area contributed by atoms with Gasteiger partial charge >= 0.3 is 0 Å². The van der Waals surface area contributed by atoms with Gasteiger partial charge < -0.3 is 15.4 Å². The highest BCUT2D eigenvalue weighted by atomic mass is 16.5. The van der Waals surface area contributed by atoms with E-state index in [0.717, 1.165) is 0 Å². The van der Waals surface area contributed by atoms with Crippen molar-refractivity contribution in [2.45, 2.75) is 19.4 Å². The molecule has 3 N–H and O–H groups in total. The van der Waals surface area contributed by atoms with E-state index < -0.39 is 23.8 Å². The second-order valence-corrected chi connectivity index (χ2v) is 4.69. The first-order chi connectivity index (χ1) is 9.99. The van der Waals surface area contributed by atoms with E-state index in [4.69, 9.17) is 10.5 Å². The van der Waals surface area contributed by atoms with Gasteiger partial charge in [-0.25, -0.2) is 0 Å². The van der Waals surface area contributed by atoms with Gasteiger partial charge in [0.2, 0.25) is 11.8 Å². The number of rotatable bonds is 3. The third-order valence-electron chi connectivity index (χ3n) is 3.40. The number of ether oxygens (including phenoxy) is 1. The van der Waals surface area contributed by atoms with Crippen molar-refractivity contribution in [1.82, 2.24) is 10.2 Å². The summed E-state index contributed by atoms with van der Waals surface area (Å²) in [4.78, 5) is 37.3. The molecule has 1 atom stereocenters. The van der Waals surface area contributed by atoms with Crippen LogP contribution in [0.25, 0.3) is 0 Å². The Morgan fingerprint density at radius 1 is 1.48 bits per heavy atom. The first kappa shape index (κ1) is 14.8. The van der Waals surface area contributed by atoms with Gasteiger partial charge in [0.1, 0.15) is 23.9 Å². The molecule has 0 aliphatic carbocycles. The SMILES string of the molecule is CCC1C(=O)NC(=O)CN1C(=O)c1c(N)cccc1OC. The van der Waals surface area contributed by atoms with Crippen molar-refractivity contribution < 1.29 is 19.1 Å². The minimum Gasteiger partial charge on any atom is -0.496 e. The summed E-state index contributed by atoms with van der Waals surface area (Å²) >= 11 is 0. The van der Waals surface area contributed by atoms with Crippen LogP contribution < -0.4 is 15.8 Å². The molecule has 7 nitrogen and oxygen atoms in total. The number of methoxy groups -OCH3 is 1. The molecule has 21 heavy (non-hydrogen) atoms. The summed E-state index contributed by atoms with van der Waals surface area (Å²) in [6.45, 7) is 1.59. The number of carbonyl (C=O) groups excluding carboxylic acids is 3. The van der Waals surface area contributed by atoms with Crippen LogP contribution in [0.3, 0.4) is 0 Å². The van der Waals surface area contributed by atoms with E-state index in [9.17, 15) is 14.4 Å². The predicted octanol–water partition coefficient (Wildman–Crippen LogP) is 0.155. The summed E-state index contributed by atoms with van der Waals surface area (Å²) in [6.07, 6.45) is 0.403. The molecule has 0 saturated carbocycles. The van der Waals surface area contributed by atoms with Crippen LogP contribution in [0.1, 0.15) is 23.7 Å². The fraction of sp³-hybridized carbons (Fsp3) is 0.357. The normalized spacial score (nSPS) is 18.4. The average Bonchev–Trinajstić information content (AvgIpc) is 2.45. The number of nitrogens with two attached hydrogens (primary N) is 1. The van der Waals surface area contributed by atoms with Gasteiger partial charge in [-0.05, 0) is 18.6 Å². The minimum atomic E-state index is -0.695. The zero-order valence-electron chi connectivity index (χ0n) is 11.9. The van der Waals surface area contributed by atoms with Gasteiger partial charge in [-0.1, -0.05) is 13.0 Å². The number of piperazine rings is 1. The molecule has 1 heterocycles. The molecule has 0 aromatic heterocycles. The van der Waals surface area contributed by atoms with E-state index in [1.54, 1.807) is 25.1 Å². The van der Waals surface area contributed by atoms with Crippen LogP contribution in [-0.2, 0) is 9.59 Å². The summed E-state index contributed by atoms with van der Waals surface area (Å²) < 4.78 is 5.15. The number of imide groups is 1. The molecule has 7 heteroatoms. The summed E-state index contributed by atoms with van der Waals surface area (Å²) in [7, 11) is 1.43. The molecule has 1 saturated heterocycles. The Morgan fingerprint density at radius 2 is 2.19 bits per heavy atom. The second kappa shape index (κ2) is 5.82. The Balaban J connectivity index is 2.42. The lowest BCUT2D eigenvalue weighted by Gasteiger charge is -2.33. The number of nitrogens with one attached hydrogen (secondary N) is 1. The number of amides is 3. The van der Waals surface area contributed by atoms with Gasteiger partial charge in [0.25, 0.3) is 5.91 Å². The standard InChI is InChI=1S/C14H17N3O4/c1-3-9-13(19)16-11(18)7-17(9)14(20)12-8(15)5-4-6-10(12)21-2/h4-6,9H,3,7,15H2,1-2H3,(H,16,18,19). The van der Waals surface area contributed by atoms with Crippen molar-refractivity contribution in [3.8, 4) is 5.75 Å². The lowest BCUT2D eigenvalue weighted by Crippen LogP contribution is -2.59. The van der Waals surface area contributed by atoms with Crippen LogP contribution in [0, 0.1) is 0 Å². The molecule has 1 aliphatic rings. The average molecular weight is 291 g/mol. The van der Waals surface area contributed by atoms with Crippen LogP contribution in [0.2, 0.25) is 0 Å². The molecular weight excluding hydrogens is 274 g/mol. The van der Waals surface area contributed by atoms with Gasteiger partial charge in [-0.2, -0.15) is 0 Å². The lowest BCUT2D eigenvalue weighted by atomic mass is 10.1. The van der Waals surface area contributed by atoms with Crippen LogP contribution in [0.4, 0.5) is 5.69 Å². The minimum absolute atomic E-state index is 0.168. The van der Waals surface area contributed by atoms with Gasteiger partial charge in [-0.3, -0.25) is 19.7 Å². The van der Waals surface area contributed by atoms with E-state index in [-0.39, 0.29) is 17.8 Å². The van der Waals surface area contributed by atoms with Crippen LogP contribution in [0.5, 0.6) is 5.75 Å². The maximum atomic E-state index is 12.7. The fourth-order valence-corrected chi connectivity index (χ4v) is 2.38. The largest absolute Gasteiger partial charge is 0.496 e. The number of hydrogen-bond acceptors (Lipinski definition) is 5. The van der Waals surface area contributed by atoms with Crippen molar-refractivity contribution >= 4 is 23.4 Å². The number of anilines is 1. The Kier molecular flexibility index (Phi) is 4.11. The monoisotopic (exact) mass is 291 g/mol. The third kappa shape index (κ3) is 2.67. The number of benzene rings is 1. The summed E-state index contributed by atoms with van der Waals surface area (Å²) in [5, 5.41) is 2.23. The zero-order valence-corrected chi connectivity index (χ0v) is 11.9. The number of hydrogen-bond donors (Lipinski definition) is 2. The van der Waals surface area contributed by atoms with E-state index >= 15 is 0 Å². The van der Waals surface area contributed by atoms with Crippen molar-refractivity contribution in [3.63, 3.8) is 0 Å². The summed E-state index contributed by atoms with van der Waals surface area (Å²) in [5.41, 5.74) is 6.26. The van der Waals surface area contributed by atoms with Crippen molar-refractivity contribution in [1.29, 1.82) is 0 Å². The van der Waals surface area contributed by atoms with Crippen LogP contribution in [-0.4, -0.2) is 42.3 Å². The maximum absolute atomic E-state index is 12.7. The van der Waals surface area contributed by atoms with E-state index in [1.165, 1.54) is 12.0 Å². The van der Waals surface area contributed by atoms with Crippen LogP contribution >= 0.6 is 0 Å². The Labute approximate surface area is 122 Å². The van der Waals surface area contributed by atoms with E-state index in [0.29, 0.717) is 12.2 Å². The molecule has 1 aromatic carbocycles. The maximum Gasteiger partial charge on any atom is 0.260 e. The molecule has 2 rings (SSSR count). The Morgan fingerprint density at radius 3 is 2.81 bits per heavy atom. The van der Waals surface area contributed by atoms with Crippen molar-refractivity contribution in [3.05, 3.63) is 23.8 Å². The number of nitrogens with zero attached hydrogens (tertiary/aromatic N) is 1. The molecule has 1 fully saturated rings. The highest BCUT2D eigenvalue weighted by Crippen LogP contribution is 2.27. The summed E-state index contributed by atoms with van der Waals surface area (Å²) in [5.74, 6) is -1.16. The first-order valence-corrected chi connectivity index (χ1v) is 6.56. The van der Waals surface area contributed by atoms with Gasteiger partial charge in [-0.15, -0.1) is 0 Å². The second-order valence-electron chi connectivity index (χ2n) is 4.69. The Bertz CT molecular complexity index is 600. The van der Waals surface area contributed by atoms with Crippen LogP contribution in [0.15, 0.2) is 18.2 Å². The zero-order chi connectivity index (χ0) is 15.6. The van der Waals surface area contributed by atoms with Gasteiger partial charge in [0.05, 0.1) is 7.11 Å². The molecule has 1 unspecified atom stereocenters. The van der Waals surface area contributed by atoms with Gasteiger partial charge in [0.15, 0.2) is 0 Å². The van der Waals surface area contributed by atoms with Gasteiger partial charge in [0, 0.05) is 5.69 Å². The predicted molar refractivity (Wildman–Crippen MR) is 75.7 cm³/mol. The molecule has 112 valence electrons. The third-order valence-corrected chi connectivity index (χ3v) is 3.40. The topological polar surface area (TPSA) is 102 Å². The molecule has 3 amide bonds. The first-order valence-electron chi connectivity index (χ1n) is 6.56. The van der Waals surface area contributed by atoms with E-state index in [2.05, 4.69) is 5.32 Å². The lowest BCUT2D eigenvalue weighted by molar-refractivity contribution is -0.138. The Hall–Kier alpha value is -2.57. The molecule has 1 aromatic rings. The highest BCUT2D eigenvalue weighted by Gasteiger charge is 2.37. The smallest absolute Gasteiger partial charge is 0.260 e. The fourth-order valence-electron chi connectivity index (χ4n) is 2.38. The molecule has 1 aliphatic heterocycles. The molecule has 0 radical (unpaired) electrons. The van der Waals surface area contributed by atoms with Crippen molar-refractivity contribution in [2.75, 3.05) is 19.4 Å². The molecule has 0 spiro atoms. The summed E-state index contributed by atoms with van der Waals surface area (Å²) in [6, 6.07) is 4.15.